The third kappa shape index (κ3) is 4.21. The first-order chi connectivity index (χ1) is 20.3. The molecule has 0 aliphatic carbocycles. The number of hydrazone groups is 1. The number of amides is 1. The molecule has 1 atom stereocenters. The molecule has 0 radical (unpaired) electrons. The lowest BCUT2D eigenvalue weighted by molar-refractivity contribution is -0.125. The minimum atomic E-state index is -0.331. The summed E-state index contributed by atoms with van der Waals surface area (Å²) in [5.74, 6) is -0.429. The maximum Gasteiger partial charge on any atom is 0.270 e. The van der Waals surface area contributed by atoms with E-state index in [4.69, 9.17) is 10.7 Å². The number of hydrogen-bond acceptors (Lipinski definition) is 8. The van der Waals surface area contributed by atoms with Crippen LogP contribution in [0.1, 0.15) is 37.9 Å². The monoisotopic (exact) mass is 567 g/mol. The number of nitrogens with two attached hydrogens (primary N) is 1. The highest BCUT2D eigenvalue weighted by Crippen LogP contribution is 2.31. The molecule has 2 aliphatic rings. The fourth-order valence-electron chi connectivity index (χ4n) is 6.17. The Morgan fingerprint density at radius 3 is 2.64 bits per heavy atom. The number of likely N-dealkylation sites (tertiary alicyclic amines) is 1. The van der Waals surface area contributed by atoms with Crippen LogP contribution in [-0.2, 0) is 11.2 Å². The van der Waals surface area contributed by atoms with Gasteiger partial charge in [-0.3, -0.25) is 24.1 Å². The standard InChI is InChI=1S/C30H30FN9O2/c1-3-25-21-5-7-27(41)39(20-8-10-38(11-9-20)30(42)24-14-26(32)37(2)36-24)28(21)35-29-22(16-34-40(25)29)18-12-17-13-19(31)4-6-23(17)33-15-18/h4-7,12-13,15-16,20,26H,3,8-11,14,32H2,1-2H3. The highest BCUT2D eigenvalue weighted by atomic mass is 19.1. The molecule has 0 bridgehead atoms. The zero-order valence-corrected chi connectivity index (χ0v) is 23.4. The lowest BCUT2D eigenvalue weighted by Crippen LogP contribution is -2.44. The Bertz CT molecular complexity index is 1970. The summed E-state index contributed by atoms with van der Waals surface area (Å²) in [6.45, 7) is 3.05. The third-order valence-electron chi connectivity index (χ3n) is 8.44. The topological polar surface area (TPSA) is 127 Å². The molecule has 2 N–H and O–H groups in total. The van der Waals surface area contributed by atoms with Crippen LogP contribution < -0.4 is 11.3 Å². The molecule has 0 spiro atoms. The number of benzene rings is 1. The number of carbonyl (C=O) groups excluding carboxylic acids is 1. The molecular formula is C30H30FN9O2. The van der Waals surface area contributed by atoms with E-state index in [2.05, 4.69) is 15.2 Å². The van der Waals surface area contributed by atoms with Crippen molar-refractivity contribution < 1.29 is 9.18 Å². The molecule has 12 heteroatoms. The van der Waals surface area contributed by atoms with Gasteiger partial charge in [0.05, 0.1) is 23.6 Å². The zero-order chi connectivity index (χ0) is 29.1. The summed E-state index contributed by atoms with van der Waals surface area (Å²) in [5, 5.41) is 12.1. The van der Waals surface area contributed by atoms with E-state index in [1.807, 2.05) is 23.6 Å². The van der Waals surface area contributed by atoms with E-state index in [9.17, 15) is 14.0 Å². The molecule has 1 amide bonds. The largest absolute Gasteiger partial charge is 0.337 e. The fourth-order valence-corrected chi connectivity index (χ4v) is 6.17. The van der Waals surface area contributed by atoms with Gasteiger partial charge in [-0.1, -0.05) is 6.92 Å². The van der Waals surface area contributed by atoms with Crippen LogP contribution >= 0.6 is 0 Å². The Kier molecular flexibility index (Phi) is 6.23. The van der Waals surface area contributed by atoms with Gasteiger partial charge in [0.2, 0.25) is 0 Å². The van der Waals surface area contributed by atoms with Gasteiger partial charge in [-0.25, -0.2) is 13.9 Å². The molecule has 214 valence electrons. The van der Waals surface area contributed by atoms with Gasteiger partial charge in [0, 0.05) is 66.8 Å². The van der Waals surface area contributed by atoms with Crippen LogP contribution in [0.2, 0.25) is 0 Å². The Morgan fingerprint density at radius 2 is 1.90 bits per heavy atom. The Morgan fingerprint density at radius 1 is 1.10 bits per heavy atom. The molecule has 7 rings (SSSR count). The average Bonchev–Trinajstić information content (AvgIpc) is 3.57. The van der Waals surface area contributed by atoms with Gasteiger partial charge in [-0.15, -0.1) is 0 Å². The normalized spacial score (nSPS) is 18.0. The minimum Gasteiger partial charge on any atom is -0.337 e. The van der Waals surface area contributed by atoms with E-state index >= 15 is 0 Å². The number of carbonyl (C=O) groups is 1. The molecular weight excluding hydrogens is 537 g/mol. The van der Waals surface area contributed by atoms with Gasteiger partial charge >= 0.3 is 0 Å². The first kappa shape index (κ1) is 26.2. The van der Waals surface area contributed by atoms with Crippen LogP contribution in [0.3, 0.4) is 0 Å². The predicted octanol–water partition coefficient (Wildman–Crippen LogP) is 3.10. The van der Waals surface area contributed by atoms with Gasteiger partial charge < -0.3 is 10.6 Å². The smallest absolute Gasteiger partial charge is 0.270 e. The SMILES string of the molecule is CCc1c2ccc(=O)n(C3CCN(C(=O)C4=NN(C)C(N)C4)CC3)c2nc2c(-c3cnc4ccc(F)cc4c3)cnn12. The molecule has 1 unspecified atom stereocenters. The van der Waals surface area contributed by atoms with Crippen molar-refractivity contribution in [1.82, 2.24) is 34.1 Å². The van der Waals surface area contributed by atoms with Crippen molar-refractivity contribution in [1.29, 1.82) is 0 Å². The molecule has 1 saturated heterocycles. The van der Waals surface area contributed by atoms with E-state index in [-0.39, 0.29) is 29.5 Å². The average molecular weight is 568 g/mol. The van der Waals surface area contributed by atoms with Crippen molar-refractivity contribution in [2.45, 2.75) is 44.8 Å². The summed E-state index contributed by atoms with van der Waals surface area (Å²) in [5.41, 5.74) is 10.7. The first-order valence-electron chi connectivity index (χ1n) is 14.1. The molecule has 1 fully saturated rings. The quantitative estimate of drug-likeness (QED) is 0.354. The van der Waals surface area contributed by atoms with Crippen molar-refractivity contribution in [3.63, 3.8) is 0 Å². The molecule has 4 aromatic heterocycles. The maximum atomic E-state index is 14.0. The van der Waals surface area contributed by atoms with Crippen LogP contribution in [0.4, 0.5) is 4.39 Å². The van der Waals surface area contributed by atoms with Gasteiger partial charge in [-0.05, 0) is 49.6 Å². The van der Waals surface area contributed by atoms with E-state index in [1.54, 1.807) is 46.1 Å². The number of pyridine rings is 2. The van der Waals surface area contributed by atoms with Crippen LogP contribution in [0.5, 0.6) is 0 Å². The van der Waals surface area contributed by atoms with Crippen molar-refractivity contribution >= 4 is 39.2 Å². The number of piperidine rings is 1. The number of nitrogens with zero attached hydrogens (tertiary/aromatic N) is 8. The maximum absolute atomic E-state index is 14.0. The molecule has 2 aliphatic heterocycles. The van der Waals surface area contributed by atoms with Crippen LogP contribution in [-0.4, -0.2) is 72.0 Å². The molecule has 6 heterocycles. The van der Waals surface area contributed by atoms with Crippen molar-refractivity contribution in [3.8, 4) is 11.1 Å². The number of rotatable bonds is 4. The van der Waals surface area contributed by atoms with E-state index in [1.165, 1.54) is 12.1 Å². The highest BCUT2D eigenvalue weighted by molar-refractivity contribution is 6.39. The molecule has 42 heavy (non-hydrogen) atoms. The second kappa shape index (κ2) is 9.98. The highest BCUT2D eigenvalue weighted by Gasteiger charge is 2.32. The summed E-state index contributed by atoms with van der Waals surface area (Å²) in [4.78, 5) is 37.8. The molecule has 5 aromatic rings. The van der Waals surface area contributed by atoms with Crippen molar-refractivity contribution in [2.24, 2.45) is 10.8 Å². The predicted molar refractivity (Wildman–Crippen MR) is 157 cm³/mol. The van der Waals surface area contributed by atoms with Crippen molar-refractivity contribution in [3.05, 3.63) is 70.7 Å². The third-order valence-corrected chi connectivity index (χ3v) is 8.44. The van der Waals surface area contributed by atoms with E-state index in [0.717, 1.165) is 22.2 Å². The number of aryl methyl sites for hydroxylation is 1. The Hall–Kier alpha value is -4.71. The summed E-state index contributed by atoms with van der Waals surface area (Å²) >= 11 is 0. The number of aromatic nitrogens is 5. The lowest BCUT2D eigenvalue weighted by atomic mass is 10.0. The Labute approximate surface area is 240 Å². The van der Waals surface area contributed by atoms with Gasteiger partial charge in [0.15, 0.2) is 5.65 Å². The number of fused-ring (bicyclic) bond motifs is 3. The summed E-state index contributed by atoms with van der Waals surface area (Å²) in [6, 6.07) is 9.65. The summed E-state index contributed by atoms with van der Waals surface area (Å²) in [7, 11) is 1.76. The Balaban J connectivity index is 1.28. The van der Waals surface area contributed by atoms with Crippen LogP contribution in [0.15, 0.2) is 58.7 Å². The summed E-state index contributed by atoms with van der Waals surface area (Å²) in [6.07, 6.45) is 5.50. The number of hydrogen-bond donors (Lipinski definition) is 1. The molecule has 1 aromatic carbocycles. The van der Waals surface area contributed by atoms with E-state index < -0.39 is 0 Å². The number of halogens is 1. The fraction of sp³-hybridized carbons (Fsp3) is 0.333. The van der Waals surface area contributed by atoms with Crippen molar-refractivity contribution in [2.75, 3.05) is 20.1 Å². The lowest BCUT2D eigenvalue weighted by Gasteiger charge is -2.33. The second-order valence-corrected chi connectivity index (χ2v) is 11.0. The molecule has 0 saturated carbocycles. The zero-order valence-electron chi connectivity index (χ0n) is 23.4. The van der Waals surface area contributed by atoms with Gasteiger partial charge in [0.1, 0.15) is 17.2 Å². The van der Waals surface area contributed by atoms with Crippen LogP contribution in [0.25, 0.3) is 38.7 Å². The first-order valence-corrected chi connectivity index (χ1v) is 14.1. The summed E-state index contributed by atoms with van der Waals surface area (Å²) < 4.78 is 17.5. The van der Waals surface area contributed by atoms with Gasteiger partial charge in [0.25, 0.3) is 11.5 Å². The van der Waals surface area contributed by atoms with Crippen LogP contribution in [0, 0.1) is 5.82 Å². The van der Waals surface area contributed by atoms with Gasteiger partial charge in [-0.2, -0.15) is 10.2 Å². The second-order valence-electron chi connectivity index (χ2n) is 11.0. The molecule has 11 nitrogen and oxygen atoms in total. The minimum absolute atomic E-state index is 0.0978. The van der Waals surface area contributed by atoms with E-state index in [0.29, 0.717) is 66.7 Å².